The summed E-state index contributed by atoms with van der Waals surface area (Å²) in [5.74, 6) is -0.354. The van der Waals surface area contributed by atoms with Crippen molar-refractivity contribution in [2.45, 2.75) is 27.2 Å². The van der Waals surface area contributed by atoms with E-state index in [-0.39, 0.29) is 11.5 Å². The minimum absolute atomic E-state index is 0.106. The van der Waals surface area contributed by atoms with Gasteiger partial charge in [0.05, 0.1) is 0 Å². The van der Waals surface area contributed by atoms with Gasteiger partial charge in [0, 0.05) is 40.4 Å². The van der Waals surface area contributed by atoms with Gasteiger partial charge < -0.3 is 14.6 Å². The summed E-state index contributed by atoms with van der Waals surface area (Å²) in [5, 5.41) is 12.2. The number of nitrogens with one attached hydrogen (secondary N) is 1. The molecule has 0 fully saturated rings. The number of ether oxygens (including phenoxy) is 1. The topological polar surface area (TPSA) is 67.0 Å². The van der Waals surface area contributed by atoms with Crippen LogP contribution >= 0.6 is 22.6 Å². The van der Waals surface area contributed by atoms with Gasteiger partial charge in [-0.2, -0.15) is 5.26 Å². The SMILES string of the molecule is CCOCCCNC(=O)/C(C#N)=C/c1cc(C)n(-c2ccc(I)cc2)c1C. The van der Waals surface area contributed by atoms with Gasteiger partial charge in [0.1, 0.15) is 11.6 Å². The molecule has 1 amide bonds. The predicted octanol–water partition coefficient (Wildman–Crippen LogP) is 4.15. The highest BCUT2D eigenvalue weighted by Crippen LogP contribution is 2.23. The van der Waals surface area contributed by atoms with E-state index in [1.165, 1.54) is 3.57 Å². The maximum absolute atomic E-state index is 12.3. The molecule has 1 N–H and O–H groups in total. The first-order valence-electron chi connectivity index (χ1n) is 8.90. The predicted molar refractivity (Wildman–Crippen MR) is 116 cm³/mol. The molecular weight excluding hydrogens is 453 g/mol. The molecule has 0 aliphatic heterocycles. The smallest absolute Gasteiger partial charge is 0.261 e. The van der Waals surface area contributed by atoms with Crippen LogP contribution in [0.25, 0.3) is 11.8 Å². The Hall–Kier alpha value is -2.11. The van der Waals surface area contributed by atoms with Crippen LogP contribution in [0.5, 0.6) is 0 Å². The second-order valence-electron chi connectivity index (χ2n) is 6.11. The van der Waals surface area contributed by atoms with E-state index >= 15 is 0 Å². The van der Waals surface area contributed by atoms with Gasteiger partial charge in [-0.1, -0.05) is 0 Å². The molecule has 0 radical (unpaired) electrons. The molecule has 1 aromatic heterocycles. The van der Waals surface area contributed by atoms with Gasteiger partial charge in [0.25, 0.3) is 5.91 Å². The lowest BCUT2D eigenvalue weighted by Gasteiger charge is -2.09. The Labute approximate surface area is 174 Å². The first-order valence-corrected chi connectivity index (χ1v) is 9.98. The molecule has 2 rings (SSSR count). The molecule has 1 heterocycles. The van der Waals surface area contributed by atoms with Crippen molar-refractivity contribution in [2.24, 2.45) is 0 Å². The molecule has 5 nitrogen and oxygen atoms in total. The molecule has 6 heteroatoms. The highest BCUT2D eigenvalue weighted by molar-refractivity contribution is 14.1. The Balaban J connectivity index is 2.19. The normalized spacial score (nSPS) is 11.3. The highest BCUT2D eigenvalue weighted by Gasteiger charge is 2.13. The quantitative estimate of drug-likeness (QED) is 0.269. The molecule has 0 unspecified atom stereocenters. The Kier molecular flexibility index (Phi) is 8.07. The number of aromatic nitrogens is 1. The van der Waals surface area contributed by atoms with Gasteiger partial charge in [-0.25, -0.2) is 0 Å². The zero-order valence-corrected chi connectivity index (χ0v) is 18.0. The molecule has 0 aliphatic rings. The molecule has 0 aliphatic carbocycles. The number of halogens is 1. The first-order chi connectivity index (χ1) is 13.0. The number of carbonyl (C=O) groups is 1. The van der Waals surface area contributed by atoms with Crippen LogP contribution in [-0.4, -0.2) is 30.2 Å². The fraction of sp³-hybridized carbons (Fsp3) is 0.333. The average Bonchev–Trinajstić information content (AvgIpc) is 2.93. The monoisotopic (exact) mass is 477 g/mol. The van der Waals surface area contributed by atoms with Crippen molar-refractivity contribution < 1.29 is 9.53 Å². The van der Waals surface area contributed by atoms with Crippen LogP contribution in [0.3, 0.4) is 0 Å². The van der Waals surface area contributed by atoms with E-state index in [0.717, 1.165) is 29.1 Å². The molecule has 142 valence electrons. The van der Waals surface area contributed by atoms with E-state index < -0.39 is 0 Å². The zero-order valence-electron chi connectivity index (χ0n) is 15.9. The summed E-state index contributed by atoms with van der Waals surface area (Å²) < 4.78 is 8.54. The summed E-state index contributed by atoms with van der Waals surface area (Å²) in [6.45, 7) is 7.68. The van der Waals surface area contributed by atoms with E-state index in [4.69, 9.17) is 4.74 Å². The van der Waals surface area contributed by atoms with Gasteiger partial charge in [0.2, 0.25) is 0 Å². The molecule has 0 saturated carbocycles. The van der Waals surface area contributed by atoms with Crippen molar-refractivity contribution in [1.29, 1.82) is 5.26 Å². The minimum atomic E-state index is -0.354. The number of aryl methyl sites for hydroxylation is 1. The molecule has 27 heavy (non-hydrogen) atoms. The second-order valence-corrected chi connectivity index (χ2v) is 7.36. The first kappa shape index (κ1) is 21.2. The Bertz CT molecular complexity index is 861. The van der Waals surface area contributed by atoms with Crippen LogP contribution < -0.4 is 5.32 Å². The number of hydrogen-bond acceptors (Lipinski definition) is 3. The van der Waals surface area contributed by atoms with E-state index in [9.17, 15) is 10.1 Å². The number of hydrogen-bond donors (Lipinski definition) is 1. The lowest BCUT2D eigenvalue weighted by molar-refractivity contribution is -0.117. The number of benzene rings is 1. The third kappa shape index (κ3) is 5.68. The van der Waals surface area contributed by atoms with E-state index in [1.54, 1.807) is 6.08 Å². The summed E-state index contributed by atoms with van der Waals surface area (Å²) >= 11 is 2.28. The fourth-order valence-corrected chi connectivity index (χ4v) is 3.20. The van der Waals surface area contributed by atoms with Gasteiger partial charge in [-0.15, -0.1) is 0 Å². The number of nitriles is 1. The maximum Gasteiger partial charge on any atom is 0.261 e. The lowest BCUT2D eigenvalue weighted by atomic mass is 10.1. The molecular formula is C21H24IN3O2. The van der Waals surface area contributed by atoms with Crippen molar-refractivity contribution in [1.82, 2.24) is 9.88 Å². The number of amides is 1. The number of rotatable bonds is 8. The third-order valence-electron chi connectivity index (χ3n) is 4.18. The molecule has 2 aromatic rings. The zero-order chi connectivity index (χ0) is 19.8. The van der Waals surface area contributed by atoms with Crippen molar-refractivity contribution in [3.05, 3.63) is 56.4 Å². The van der Waals surface area contributed by atoms with Crippen LogP contribution in [0.1, 0.15) is 30.3 Å². The standard InChI is InChI=1S/C21H24IN3O2/c1-4-27-11-5-10-24-21(26)18(14-23)13-17-12-15(2)25(16(17)3)20-8-6-19(22)7-9-20/h6-9,12-13H,4-5,10-11H2,1-3H3,(H,24,26)/b18-13+. The van der Waals surface area contributed by atoms with E-state index in [2.05, 4.69) is 56.7 Å². The largest absolute Gasteiger partial charge is 0.382 e. The van der Waals surface area contributed by atoms with Gasteiger partial charge >= 0.3 is 0 Å². The van der Waals surface area contributed by atoms with Gasteiger partial charge in [-0.3, -0.25) is 4.79 Å². The summed E-state index contributed by atoms with van der Waals surface area (Å²) in [7, 11) is 0. The average molecular weight is 477 g/mol. The number of carbonyl (C=O) groups excluding carboxylic acids is 1. The Morgan fingerprint density at radius 3 is 2.67 bits per heavy atom. The molecule has 0 saturated heterocycles. The number of nitrogens with zero attached hydrogens (tertiary/aromatic N) is 2. The Morgan fingerprint density at radius 1 is 1.33 bits per heavy atom. The van der Waals surface area contributed by atoms with Crippen LogP contribution in [0.4, 0.5) is 0 Å². The summed E-state index contributed by atoms with van der Waals surface area (Å²) in [4.78, 5) is 12.3. The summed E-state index contributed by atoms with van der Waals surface area (Å²) in [6, 6.07) is 12.2. The minimum Gasteiger partial charge on any atom is -0.382 e. The van der Waals surface area contributed by atoms with Gasteiger partial charge in [-0.05, 0) is 91.8 Å². The lowest BCUT2D eigenvalue weighted by Crippen LogP contribution is -2.26. The third-order valence-corrected chi connectivity index (χ3v) is 4.89. The molecule has 0 bridgehead atoms. The van der Waals surface area contributed by atoms with Crippen LogP contribution in [-0.2, 0) is 9.53 Å². The van der Waals surface area contributed by atoms with Crippen LogP contribution in [0.2, 0.25) is 0 Å². The van der Waals surface area contributed by atoms with Crippen molar-refractivity contribution >= 4 is 34.6 Å². The summed E-state index contributed by atoms with van der Waals surface area (Å²) in [5.41, 5.74) is 4.07. The second kappa shape index (κ2) is 10.3. The molecule has 0 spiro atoms. The summed E-state index contributed by atoms with van der Waals surface area (Å²) in [6.07, 6.45) is 2.38. The van der Waals surface area contributed by atoms with E-state index in [0.29, 0.717) is 19.8 Å². The molecule has 0 atom stereocenters. The van der Waals surface area contributed by atoms with Crippen LogP contribution in [0, 0.1) is 28.7 Å². The van der Waals surface area contributed by atoms with E-state index in [1.807, 2.05) is 32.9 Å². The van der Waals surface area contributed by atoms with Crippen molar-refractivity contribution in [3.63, 3.8) is 0 Å². The van der Waals surface area contributed by atoms with Crippen molar-refractivity contribution in [3.8, 4) is 11.8 Å². The Morgan fingerprint density at radius 2 is 2.04 bits per heavy atom. The van der Waals surface area contributed by atoms with Crippen LogP contribution in [0.15, 0.2) is 35.9 Å². The highest BCUT2D eigenvalue weighted by atomic mass is 127. The van der Waals surface area contributed by atoms with Gasteiger partial charge in [0.15, 0.2) is 0 Å². The van der Waals surface area contributed by atoms with Crippen molar-refractivity contribution in [2.75, 3.05) is 19.8 Å². The fourth-order valence-electron chi connectivity index (χ4n) is 2.84. The maximum atomic E-state index is 12.3. The molecule has 1 aromatic carbocycles.